The summed E-state index contributed by atoms with van der Waals surface area (Å²) in [6.45, 7) is 4.85. The summed E-state index contributed by atoms with van der Waals surface area (Å²) in [5, 5.41) is 14.2. The molecule has 0 aliphatic carbocycles. The third-order valence-electron chi connectivity index (χ3n) is 2.58. The second kappa shape index (κ2) is 4.39. The molecule has 0 aliphatic heterocycles. The van der Waals surface area contributed by atoms with Crippen molar-refractivity contribution >= 4 is 0 Å². The maximum Gasteiger partial charge on any atom is 0.217 e. The molecule has 0 saturated heterocycles. The van der Waals surface area contributed by atoms with Gasteiger partial charge in [-0.15, -0.1) is 0 Å². The Balaban J connectivity index is 2.41. The minimum Gasteiger partial charge on any atom is -0.493 e. The van der Waals surface area contributed by atoms with E-state index in [-0.39, 0.29) is 5.88 Å². The minimum atomic E-state index is 0.257. The lowest BCUT2D eigenvalue weighted by molar-refractivity contribution is 0.399. The lowest BCUT2D eigenvalue weighted by Crippen LogP contribution is -1.97. The van der Waals surface area contributed by atoms with Gasteiger partial charge >= 0.3 is 0 Å². The van der Waals surface area contributed by atoms with Crippen LogP contribution in [0.25, 0.3) is 11.1 Å². The van der Waals surface area contributed by atoms with E-state index in [1.807, 2.05) is 31.2 Å². The van der Waals surface area contributed by atoms with Crippen molar-refractivity contribution in [3.8, 4) is 17.0 Å². The Morgan fingerprint density at radius 3 is 2.88 bits per heavy atom. The molecule has 1 N–H and O–H groups in total. The second-order valence-electron chi connectivity index (χ2n) is 3.97. The molecule has 0 fully saturated rings. The molecule has 0 atom stereocenters. The summed E-state index contributed by atoms with van der Waals surface area (Å²) in [6.07, 6.45) is 2.68. The maximum atomic E-state index is 10.0. The highest BCUT2D eigenvalue weighted by molar-refractivity contribution is 5.68. The first kappa shape index (κ1) is 10.7. The number of rotatable bonds is 3. The molecule has 3 heteroatoms. The molecule has 1 aromatic heterocycles. The van der Waals surface area contributed by atoms with Gasteiger partial charge in [0.05, 0.1) is 11.8 Å². The first-order chi connectivity index (χ1) is 7.72. The smallest absolute Gasteiger partial charge is 0.217 e. The van der Waals surface area contributed by atoms with Crippen molar-refractivity contribution in [3.63, 3.8) is 0 Å². The van der Waals surface area contributed by atoms with Gasteiger partial charge in [-0.1, -0.05) is 36.8 Å². The summed E-state index contributed by atoms with van der Waals surface area (Å²) in [4.78, 5) is 0. The van der Waals surface area contributed by atoms with Crippen molar-refractivity contribution in [1.29, 1.82) is 0 Å². The molecule has 0 amide bonds. The molecule has 0 radical (unpaired) electrons. The Morgan fingerprint density at radius 2 is 2.19 bits per heavy atom. The summed E-state index contributed by atoms with van der Waals surface area (Å²) in [6, 6.07) is 8.06. The van der Waals surface area contributed by atoms with E-state index in [9.17, 15) is 5.11 Å². The third kappa shape index (κ3) is 1.94. The molecule has 0 aliphatic rings. The topological polar surface area (TPSA) is 38.0 Å². The van der Waals surface area contributed by atoms with E-state index < -0.39 is 0 Å². The summed E-state index contributed by atoms with van der Waals surface area (Å²) in [7, 11) is 0. The average molecular weight is 216 g/mol. The minimum absolute atomic E-state index is 0.257. The van der Waals surface area contributed by atoms with Gasteiger partial charge in [0.1, 0.15) is 0 Å². The standard InChI is InChI=1S/C13H16N2O/c1-3-7-15-13(16)12(9-14-15)11-6-4-5-10(2)8-11/h4-6,8-9,16H,3,7H2,1-2H3. The van der Waals surface area contributed by atoms with E-state index in [1.54, 1.807) is 10.9 Å². The van der Waals surface area contributed by atoms with Gasteiger partial charge in [0.25, 0.3) is 0 Å². The maximum absolute atomic E-state index is 10.0. The molecule has 84 valence electrons. The number of nitrogens with zero attached hydrogens (tertiary/aromatic N) is 2. The Bertz CT molecular complexity index is 488. The van der Waals surface area contributed by atoms with Crippen molar-refractivity contribution in [2.75, 3.05) is 0 Å². The van der Waals surface area contributed by atoms with Crippen molar-refractivity contribution < 1.29 is 5.11 Å². The zero-order chi connectivity index (χ0) is 11.5. The van der Waals surface area contributed by atoms with Crippen LogP contribution in [0.5, 0.6) is 5.88 Å². The van der Waals surface area contributed by atoms with Crippen LogP contribution in [0, 0.1) is 6.92 Å². The molecule has 1 heterocycles. The summed E-state index contributed by atoms with van der Waals surface area (Å²) >= 11 is 0. The van der Waals surface area contributed by atoms with E-state index in [0.29, 0.717) is 0 Å². The zero-order valence-corrected chi connectivity index (χ0v) is 9.64. The number of aromatic nitrogens is 2. The Kier molecular flexibility index (Phi) is 2.95. The van der Waals surface area contributed by atoms with Crippen LogP contribution in [0.4, 0.5) is 0 Å². The van der Waals surface area contributed by atoms with Crippen molar-refractivity contribution in [2.45, 2.75) is 26.8 Å². The first-order valence-electron chi connectivity index (χ1n) is 5.54. The highest BCUT2D eigenvalue weighted by Gasteiger charge is 2.10. The van der Waals surface area contributed by atoms with E-state index in [0.717, 1.165) is 24.1 Å². The fourth-order valence-electron chi connectivity index (χ4n) is 1.77. The normalized spacial score (nSPS) is 10.6. The molecular formula is C13H16N2O. The van der Waals surface area contributed by atoms with Gasteiger partial charge in [-0.2, -0.15) is 5.10 Å². The molecule has 2 aromatic rings. The molecular weight excluding hydrogens is 200 g/mol. The summed E-state index contributed by atoms with van der Waals surface area (Å²) < 4.78 is 1.64. The van der Waals surface area contributed by atoms with Crippen LogP contribution in [0.3, 0.4) is 0 Å². The largest absolute Gasteiger partial charge is 0.493 e. The zero-order valence-electron chi connectivity index (χ0n) is 9.64. The predicted molar refractivity (Wildman–Crippen MR) is 64.4 cm³/mol. The number of benzene rings is 1. The predicted octanol–water partition coefficient (Wildman–Crippen LogP) is 2.97. The lowest BCUT2D eigenvalue weighted by atomic mass is 10.1. The summed E-state index contributed by atoms with van der Waals surface area (Å²) in [5.41, 5.74) is 3.00. The van der Waals surface area contributed by atoms with Crippen LogP contribution in [-0.2, 0) is 6.54 Å². The molecule has 0 unspecified atom stereocenters. The van der Waals surface area contributed by atoms with Gasteiger partial charge in [-0.3, -0.25) is 0 Å². The van der Waals surface area contributed by atoms with E-state index in [2.05, 4.69) is 12.0 Å². The van der Waals surface area contributed by atoms with Crippen LogP contribution in [0.15, 0.2) is 30.5 Å². The van der Waals surface area contributed by atoms with Crippen molar-refractivity contribution in [1.82, 2.24) is 9.78 Å². The molecule has 0 saturated carbocycles. The fourth-order valence-corrected chi connectivity index (χ4v) is 1.77. The van der Waals surface area contributed by atoms with Gasteiger partial charge in [0.2, 0.25) is 5.88 Å². The molecule has 0 bridgehead atoms. The molecule has 3 nitrogen and oxygen atoms in total. The van der Waals surface area contributed by atoms with E-state index in [1.165, 1.54) is 5.56 Å². The number of hydrogen-bond donors (Lipinski definition) is 1. The molecule has 1 aromatic carbocycles. The molecule has 16 heavy (non-hydrogen) atoms. The van der Waals surface area contributed by atoms with Crippen LogP contribution < -0.4 is 0 Å². The first-order valence-corrected chi connectivity index (χ1v) is 5.54. The van der Waals surface area contributed by atoms with Crippen LogP contribution in [0.2, 0.25) is 0 Å². The van der Waals surface area contributed by atoms with Gasteiger partial charge < -0.3 is 5.11 Å². The van der Waals surface area contributed by atoms with Gasteiger partial charge in [-0.05, 0) is 18.9 Å². The van der Waals surface area contributed by atoms with Gasteiger partial charge in [0.15, 0.2) is 0 Å². The van der Waals surface area contributed by atoms with Gasteiger partial charge in [0, 0.05) is 6.54 Å². The second-order valence-corrected chi connectivity index (χ2v) is 3.97. The van der Waals surface area contributed by atoms with Crippen LogP contribution in [0.1, 0.15) is 18.9 Å². The number of hydrogen-bond acceptors (Lipinski definition) is 2. The molecule has 0 spiro atoms. The van der Waals surface area contributed by atoms with E-state index in [4.69, 9.17) is 0 Å². The van der Waals surface area contributed by atoms with Crippen LogP contribution in [-0.4, -0.2) is 14.9 Å². The Labute approximate surface area is 95.3 Å². The third-order valence-corrected chi connectivity index (χ3v) is 2.58. The van der Waals surface area contributed by atoms with E-state index >= 15 is 0 Å². The summed E-state index contributed by atoms with van der Waals surface area (Å²) in [5.74, 6) is 0.257. The van der Waals surface area contributed by atoms with Gasteiger partial charge in [-0.25, -0.2) is 4.68 Å². The highest BCUT2D eigenvalue weighted by Crippen LogP contribution is 2.29. The van der Waals surface area contributed by atoms with Crippen LogP contribution >= 0.6 is 0 Å². The SMILES string of the molecule is CCCn1ncc(-c2cccc(C)c2)c1O. The van der Waals surface area contributed by atoms with Crippen molar-refractivity contribution in [2.24, 2.45) is 0 Å². The fraction of sp³-hybridized carbons (Fsp3) is 0.308. The Morgan fingerprint density at radius 1 is 1.38 bits per heavy atom. The number of aryl methyl sites for hydroxylation is 2. The highest BCUT2D eigenvalue weighted by atomic mass is 16.3. The quantitative estimate of drug-likeness (QED) is 0.856. The average Bonchev–Trinajstić information content (AvgIpc) is 2.61. The monoisotopic (exact) mass is 216 g/mol. The lowest BCUT2D eigenvalue weighted by Gasteiger charge is -2.03. The number of aromatic hydroxyl groups is 1. The van der Waals surface area contributed by atoms with Crippen molar-refractivity contribution in [3.05, 3.63) is 36.0 Å². The molecule has 2 rings (SSSR count). The Hall–Kier alpha value is -1.77.